The van der Waals surface area contributed by atoms with Crippen LogP contribution in [0.2, 0.25) is 0 Å². The fourth-order valence-electron chi connectivity index (χ4n) is 8.05. The Kier molecular flexibility index (Phi) is 5.96. The van der Waals surface area contributed by atoms with Crippen LogP contribution in [0.15, 0.2) is 185 Å². The number of nitrogens with zero attached hydrogens (tertiary/aromatic N) is 1. The maximum Gasteiger partial charge on any atom is 0.135 e. The Morgan fingerprint density at radius 2 is 0.804 bits per heavy atom. The zero-order valence-corrected chi connectivity index (χ0v) is 27.5. The van der Waals surface area contributed by atoms with E-state index in [4.69, 9.17) is 8.83 Å². The van der Waals surface area contributed by atoms with Gasteiger partial charge in [0.05, 0.1) is 0 Å². The molecule has 0 saturated carbocycles. The van der Waals surface area contributed by atoms with Crippen LogP contribution in [0.4, 0.5) is 17.1 Å². The van der Waals surface area contributed by atoms with Gasteiger partial charge in [0.15, 0.2) is 0 Å². The van der Waals surface area contributed by atoms with Gasteiger partial charge in [-0.25, -0.2) is 0 Å². The Labute approximate surface area is 293 Å². The highest BCUT2D eigenvalue weighted by Gasteiger charge is 2.18. The maximum atomic E-state index is 6.22. The van der Waals surface area contributed by atoms with E-state index in [0.29, 0.717) is 0 Å². The number of rotatable bonds is 4. The average Bonchev–Trinajstić information content (AvgIpc) is 3.76. The Morgan fingerprint density at radius 3 is 1.43 bits per heavy atom. The minimum Gasteiger partial charge on any atom is -0.456 e. The minimum absolute atomic E-state index is 0.877. The molecule has 0 aliphatic carbocycles. The normalized spacial score (nSPS) is 11.9. The molecular weight excluding hydrogens is 623 g/mol. The van der Waals surface area contributed by atoms with Gasteiger partial charge in [0.1, 0.15) is 22.3 Å². The molecule has 3 heteroatoms. The smallest absolute Gasteiger partial charge is 0.135 e. The molecule has 11 aromatic rings. The third-order valence-electron chi connectivity index (χ3n) is 10.4. The summed E-state index contributed by atoms with van der Waals surface area (Å²) in [6.07, 6.45) is 0. The molecule has 51 heavy (non-hydrogen) atoms. The van der Waals surface area contributed by atoms with Crippen LogP contribution in [0.25, 0.3) is 87.3 Å². The molecule has 238 valence electrons. The monoisotopic (exact) mass is 651 g/mol. The SMILES string of the molecule is c1ccc2c(c1)ccc1c(-c3ccc(N(c4ccc5oc6ccccc6c5c4)c4ccc5oc6ccccc6c5c4)cc3)cc3ccccc3c12. The average molecular weight is 652 g/mol. The molecule has 0 bridgehead atoms. The molecule has 0 fully saturated rings. The van der Waals surface area contributed by atoms with Crippen molar-refractivity contribution in [3.8, 4) is 11.1 Å². The quantitative estimate of drug-likeness (QED) is 0.177. The molecule has 0 saturated heterocycles. The van der Waals surface area contributed by atoms with Crippen molar-refractivity contribution in [2.45, 2.75) is 0 Å². The first-order chi connectivity index (χ1) is 25.3. The molecule has 0 aliphatic heterocycles. The molecule has 0 spiro atoms. The van der Waals surface area contributed by atoms with Crippen molar-refractivity contribution in [3.05, 3.63) is 176 Å². The second-order valence-electron chi connectivity index (χ2n) is 13.3. The van der Waals surface area contributed by atoms with E-state index >= 15 is 0 Å². The minimum atomic E-state index is 0.877. The summed E-state index contributed by atoms with van der Waals surface area (Å²) in [4.78, 5) is 2.33. The van der Waals surface area contributed by atoms with E-state index in [9.17, 15) is 0 Å². The third-order valence-corrected chi connectivity index (χ3v) is 10.4. The standard InChI is InChI=1S/C48H29NO2/c1-3-11-36-30(9-1)19-24-40-41(27-32-10-2-4-12-37(32)48(36)40)31-17-20-33(21-18-31)49(34-22-25-46-42(28-34)38-13-5-7-15-44(38)50-46)35-23-26-47-43(29-35)39-14-6-8-16-45(39)51-47/h1-29H. The number of fused-ring (bicyclic) bond motifs is 11. The van der Waals surface area contributed by atoms with E-state index in [1.54, 1.807) is 0 Å². The lowest BCUT2D eigenvalue weighted by Crippen LogP contribution is -2.09. The third kappa shape index (κ3) is 4.32. The van der Waals surface area contributed by atoms with Crippen molar-refractivity contribution < 1.29 is 8.83 Å². The van der Waals surface area contributed by atoms with Gasteiger partial charge in [0, 0.05) is 38.6 Å². The van der Waals surface area contributed by atoms with Crippen LogP contribution >= 0.6 is 0 Å². The van der Waals surface area contributed by atoms with Gasteiger partial charge in [0.2, 0.25) is 0 Å². The molecular formula is C48H29NO2. The zero-order chi connectivity index (χ0) is 33.5. The molecule has 11 rings (SSSR count). The van der Waals surface area contributed by atoms with Crippen LogP contribution in [-0.4, -0.2) is 0 Å². The molecule has 2 heterocycles. The van der Waals surface area contributed by atoms with Gasteiger partial charge in [0.25, 0.3) is 0 Å². The van der Waals surface area contributed by atoms with Gasteiger partial charge in [-0.2, -0.15) is 0 Å². The van der Waals surface area contributed by atoms with Gasteiger partial charge < -0.3 is 13.7 Å². The fraction of sp³-hybridized carbons (Fsp3) is 0. The van der Waals surface area contributed by atoms with Crippen LogP contribution < -0.4 is 4.90 Å². The lowest BCUT2D eigenvalue weighted by molar-refractivity contribution is 0.668. The van der Waals surface area contributed by atoms with Crippen LogP contribution in [0, 0.1) is 0 Å². The van der Waals surface area contributed by atoms with Gasteiger partial charge in [-0.1, -0.05) is 109 Å². The predicted octanol–water partition coefficient (Wildman–Crippen LogP) is 14.1. The van der Waals surface area contributed by atoms with Gasteiger partial charge >= 0.3 is 0 Å². The molecule has 0 atom stereocenters. The molecule has 0 N–H and O–H groups in total. The van der Waals surface area contributed by atoms with E-state index in [1.807, 2.05) is 24.3 Å². The van der Waals surface area contributed by atoms with E-state index in [2.05, 4.69) is 157 Å². The number of benzene rings is 9. The molecule has 0 amide bonds. The largest absolute Gasteiger partial charge is 0.456 e. The highest BCUT2D eigenvalue weighted by Crippen LogP contribution is 2.43. The molecule has 0 unspecified atom stereocenters. The Hall–Kier alpha value is -6.84. The topological polar surface area (TPSA) is 29.5 Å². The summed E-state index contributed by atoms with van der Waals surface area (Å²) in [5, 5.41) is 12.0. The first-order valence-electron chi connectivity index (χ1n) is 17.3. The first-order valence-corrected chi connectivity index (χ1v) is 17.3. The molecule has 9 aromatic carbocycles. The van der Waals surface area contributed by atoms with Crippen molar-refractivity contribution in [1.82, 2.24) is 0 Å². The first kappa shape index (κ1) is 28.0. The highest BCUT2D eigenvalue weighted by atomic mass is 16.3. The lowest BCUT2D eigenvalue weighted by atomic mass is 9.90. The van der Waals surface area contributed by atoms with Crippen molar-refractivity contribution in [3.63, 3.8) is 0 Å². The molecule has 0 aliphatic rings. The summed E-state index contributed by atoms with van der Waals surface area (Å²) in [7, 11) is 0. The highest BCUT2D eigenvalue weighted by molar-refractivity contribution is 6.24. The maximum absolute atomic E-state index is 6.22. The Balaban J connectivity index is 1.11. The summed E-state index contributed by atoms with van der Waals surface area (Å²) in [5.41, 5.74) is 9.11. The summed E-state index contributed by atoms with van der Waals surface area (Å²) in [6, 6.07) is 62.8. The van der Waals surface area contributed by atoms with Crippen molar-refractivity contribution >= 4 is 93.3 Å². The zero-order valence-electron chi connectivity index (χ0n) is 27.5. The van der Waals surface area contributed by atoms with Crippen LogP contribution in [0.3, 0.4) is 0 Å². The van der Waals surface area contributed by atoms with Crippen LogP contribution in [0.1, 0.15) is 0 Å². The van der Waals surface area contributed by atoms with Gasteiger partial charge in [-0.15, -0.1) is 0 Å². The summed E-state index contributed by atoms with van der Waals surface area (Å²) >= 11 is 0. The van der Waals surface area contributed by atoms with Crippen LogP contribution in [-0.2, 0) is 0 Å². The molecule has 2 aromatic heterocycles. The van der Waals surface area contributed by atoms with Crippen molar-refractivity contribution in [2.75, 3.05) is 4.90 Å². The molecule has 3 nitrogen and oxygen atoms in total. The van der Waals surface area contributed by atoms with E-state index < -0.39 is 0 Å². The number of anilines is 3. The second kappa shape index (κ2) is 10.8. The summed E-state index contributed by atoms with van der Waals surface area (Å²) in [6.45, 7) is 0. The lowest BCUT2D eigenvalue weighted by Gasteiger charge is -2.26. The number of hydrogen-bond acceptors (Lipinski definition) is 3. The predicted molar refractivity (Wildman–Crippen MR) is 214 cm³/mol. The Morgan fingerprint density at radius 1 is 0.314 bits per heavy atom. The van der Waals surface area contributed by atoms with E-state index in [-0.39, 0.29) is 0 Å². The Bertz CT molecular complexity index is 3020. The summed E-state index contributed by atoms with van der Waals surface area (Å²) in [5.74, 6) is 0. The van der Waals surface area contributed by atoms with E-state index in [1.165, 1.54) is 43.4 Å². The fourth-order valence-corrected chi connectivity index (χ4v) is 8.05. The van der Waals surface area contributed by atoms with E-state index in [0.717, 1.165) is 60.9 Å². The number of para-hydroxylation sites is 2. The van der Waals surface area contributed by atoms with Crippen LogP contribution in [0.5, 0.6) is 0 Å². The second-order valence-corrected chi connectivity index (χ2v) is 13.3. The van der Waals surface area contributed by atoms with Gasteiger partial charge in [-0.05, 0) is 110 Å². The summed E-state index contributed by atoms with van der Waals surface area (Å²) < 4.78 is 12.4. The number of hydrogen-bond donors (Lipinski definition) is 0. The van der Waals surface area contributed by atoms with Crippen molar-refractivity contribution in [1.29, 1.82) is 0 Å². The number of furan rings is 2. The van der Waals surface area contributed by atoms with Crippen molar-refractivity contribution in [2.24, 2.45) is 0 Å². The van der Waals surface area contributed by atoms with Gasteiger partial charge in [-0.3, -0.25) is 0 Å². The molecule has 0 radical (unpaired) electrons.